The molecule has 0 radical (unpaired) electrons. The quantitative estimate of drug-likeness (QED) is 0.799. The third-order valence-electron chi connectivity index (χ3n) is 3.55. The second-order valence-corrected chi connectivity index (χ2v) is 5.32. The minimum absolute atomic E-state index is 0.159. The number of hydrogen-bond donors (Lipinski definition) is 2. The number of amides is 1. The summed E-state index contributed by atoms with van der Waals surface area (Å²) in [6.45, 7) is 4.17. The van der Waals surface area contributed by atoms with Crippen LogP contribution in [0.1, 0.15) is 26.2 Å². The Morgan fingerprint density at radius 2 is 2.24 bits per heavy atom. The first kappa shape index (κ1) is 13.8. The van der Waals surface area contributed by atoms with Gasteiger partial charge in [0.2, 0.25) is 5.91 Å². The number of anilines is 1. The van der Waals surface area contributed by atoms with Crippen LogP contribution in [0.2, 0.25) is 0 Å². The van der Waals surface area contributed by atoms with Gasteiger partial charge in [0.15, 0.2) is 5.65 Å². The third kappa shape index (κ3) is 3.12. The number of fused-ring (bicyclic) bond motifs is 1. The number of carbonyl (C=O) groups excluding carboxylic acids is 1. The molecule has 0 saturated heterocycles. The van der Waals surface area contributed by atoms with Crippen molar-refractivity contribution in [3.05, 3.63) is 12.5 Å². The van der Waals surface area contributed by atoms with Crippen molar-refractivity contribution in [2.75, 3.05) is 18.4 Å². The lowest BCUT2D eigenvalue weighted by atomic mass is 10.3. The highest BCUT2D eigenvalue weighted by Gasteiger charge is 2.29. The van der Waals surface area contributed by atoms with Crippen LogP contribution < -0.4 is 10.6 Å². The first-order valence-corrected chi connectivity index (χ1v) is 7.47. The summed E-state index contributed by atoms with van der Waals surface area (Å²) in [5.74, 6) is 1.22. The largest absolute Gasteiger partial charge is 0.369 e. The molecule has 0 spiro atoms. The van der Waals surface area contributed by atoms with Crippen LogP contribution >= 0.6 is 0 Å². The molecule has 7 nitrogen and oxygen atoms in total. The maximum absolute atomic E-state index is 11.6. The molecule has 0 aliphatic heterocycles. The number of hydrogen-bond acceptors (Lipinski definition) is 5. The van der Waals surface area contributed by atoms with Crippen molar-refractivity contribution >= 4 is 22.8 Å². The van der Waals surface area contributed by atoms with Crippen LogP contribution in [0.4, 0.5) is 5.82 Å². The molecular formula is C14H20N6O. The molecule has 21 heavy (non-hydrogen) atoms. The molecule has 0 aromatic carbocycles. The van der Waals surface area contributed by atoms with Crippen LogP contribution in [-0.4, -0.2) is 38.7 Å². The summed E-state index contributed by atoms with van der Waals surface area (Å²) in [5, 5.41) is 11.5. The topological polar surface area (TPSA) is 84.7 Å². The molecule has 2 aromatic rings. The van der Waals surface area contributed by atoms with Crippen molar-refractivity contribution in [3.8, 4) is 0 Å². The van der Waals surface area contributed by atoms with Gasteiger partial charge in [-0.05, 0) is 19.3 Å². The number of nitrogens with one attached hydrogen (secondary N) is 2. The van der Waals surface area contributed by atoms with Gasteiger partial charge in [0, 0.05) is 19.0 Å². The molecular weight excluding hydrogens is 268 g/mol. The number of rotatable bonds is 7. The number of aromatic nitrogens is 4. The molecule has 2 aromatic heterocycles. The van der Waals surface area contributed by atoms with E-state index in [1.807, 2.05) is 0 Å². The van der Waals surface area contributed by atoms with E-state index in [-0.39, 0.29) is 11.8 Å². The molecule has 0 bridgehead atoms. The Kier molecular flexibility index (Phi) is 3.98. The fourth-order valence-electron chi connectivity index (χ4n) is 2.22. The average Bonchev–Trinajstić information content (AvgIpc) is 3.27. The van der Waals surface area contributed by atoms with E-state index in [0.717, 1.165) is 42.7 Å². The normalized spacial score (nSPS) is 14.3. The van der Waals surface area contributed by atoms with Crippen LogP contribution in [-0.2, 0) is 11.3 Å². The molecule has 2 N–H and O–H groups in total. The van der Waals surface area contributed by atoms with Gasteiger partial charge in [0.25, 0.3) is 0 Å². The van der Waals surface area contributed by atoms with Crippen LogP contribution in [0.25, 0.3) is 11.0 Å². The van der Waals surface area contributed by atoms with Gasteiger partial charge in [-0.1, -0.05) is 6.92 Å². The molecule has 3 rings (SSSR count). The van der Waals surface area contributed by atoms with Crippen molar-refractivity contribution < 1.29 is 4.79 Å². The Balaban J connectivity index is 1.66. The van der Waals surface area contributed by atoms with Gasteiger partial charge in [-0.3, -0.25) is 4.79 Å². The van der Waals surface area contributed by atoms with Crippen LogP contribution in [0.5, 0.6) is 0 Å². The van der Waals surface area contributed by atoms with E-state index >= 15 is 0 Å². The maximum atomic E-state index is 11.6. The molecule has 1 amide bonds. The van der Waals surface area contributed by atoms with E-state index in [2.05, 4.69) is 32.6 Å². The lowest BCUT2D eigenvalue weighted by Crippen LogP contribution is -2.28. The van der Waals surface area contributed by atoms with E-state index in [9.17, 15) is 4.79 Å². The number of carbonyl (C=O) groups is 1. The number of nitrogens with zero attached hydrogens (tertiary/aromatic N) is 4. The zero-order valence-electron chi connectivity index (χ0n) is 12.2. The van der Waals surface area contributed by atoms with Gasteiger partial charge >= 0.3 is 0 Å². The van der Waals surface area contributed by atoms with E-state index in [1.54, 1.807) is 17.2 Å². The van der Waals surface area contributed by atoms with Gasteiger partial charge in [-0.2, -0.15) is 5.10 Å². The summed E-state index contributed by atoms with van der Waals surface area (Å²) < 4.78 is 1.81. The predicted molar refractivity (Wildman–Crippen MR) is 79.8 cm³/mol. The summed E-state index contributed by atoms with van der Waals surface area (Å²) in [6, 6.07) is 0. The highest BCUT2D eigenvalue weighted by Crippen LogP contribution is 2.28. The highest BCUT2D eigenvalue weighted by molar-refractivity contribution is 5.86. The van der Waals surface area contributed by atoms with Crippen molar-refractivity contribution in [1.29, 1.82) is 0 Å². The van der Waals surface area contributed by atoms with Gasteiger partial charge < -0.3 is 10.6 Å². The monoisotopic (exact) mass is 288 g/mol. The first-order chi connectivity index (χ1) is 10.3. The summed E-state index contributed by atoms with van der Waals surface area (Å²) >= 11 is 0. The van der Waals surface area contributed by atoms with Crippen molar-refractivity contribution in [2.45, 2.75) is 32.7 Å². The molecule has 1 saturated carbocycles. The maximum Gasteiger partial charge on any atom is 0.223 e. The smallest absolute Gasteiger partial charge is 0.223 e. The van der Waals surface area contributed by atoms with E-state index in [1.165, 1.54) is 0 Å². The lowest BCUT2D eigenvalue weighted by Gasteiger charge is -2.06. The summed E-state index contributed by atoms with van der Waals surface area (Å²) in [6.07, 6.45) is 6.40. The summed E-state index contributed by atoms with van der Waals surface area (Å²) in [4.78, 5) is 20.1. The molecule has 1 fully saturated rings. The minimum atomic E-state index is 0.159. The van der Waals surface area contributed by atoms with Crippen LogP contribution in [0, 0.1) is 5.92 Å². The van der Waals surface area contributed by atoms with Crippen LogP contribution in [0.15, 0.2) is 12.5 Å². The molecule has 2 heterocycles. The minimum Gasteiger partial charge on any atom is -0.369 e. The van der Waals surface area contributed by atoms with Gasteiger partial charge in [-0.25, -0.2) is 14.6 Å². The first-order valence-electron chi connectivity index (χ1n) is 7.47. The van der Waals surface area contributed by atoms with Gasteiger partial charge in [0.1, 0.15) is 12.1 Å². The zero-order valence-corrected chi connectivity index (χ0v) is 12.2. The molecule has 1 aliphatic carbocycles. The second kappa shape index (κ2) is 6.07. The lowest BCUT2D eigenvalue weighted by molar-refractivity contribution is -0.122. The van der Waals surface area contributed by atoms with Crippen molar-refractivity contribution in [1.82, 2.24) is 25.1 Å². The molecule has 112 valence electrons. The van der Waals surface area contributed by atoms with Crippen LogP contribution in [0.3, 0.4) is 0 Å². The fourth-order valence-corrected chi connectivity index (χ4v) is 2.22. The molecule has 7 heteroatoms. The second-order valence-electron chi connectivity index (χ2n) is 5.32. The predicted octanol–water partition coefficient (Wildman–Crippen LogP) is 1.17. The Bertz CT molecular complexity index is 633. The Morgan fingerprint density at radius 1 is 1.38 bits per heavy atom. The van der Waals surface area contributed by atoms with E-state index < -0.39 is 0 Å². The molecule has 0 unspecified atom stereocenters. The highest BCUT2D eigenvalue weighted by atomic mass is 16.2. The summed E-state index contributed by atoms with van der Waals surface area (Å²) in [7, 11) is 0. The molecule has 0 atom stereocenters. The van der Waals surface area contributed by atoms with E-state index in [0.29, 0.717) is 13.1 Å². The Hall–Kier alpha value is -2.18. The Labute approximate surface area is 123 Å². The standard InChI is InChI=1S/C14H20N6O/c1-2-5-15-12-11-8-19-20(13(11)18-9-17-12)7-6-16-14(21)10-3-4-10/h8-10H,2-7H2,1H3,(H,16,21)(H,15,17,18). The SMILES string of the molecule is CCCNc1ncnc2c1cnn2CCNC(=O)C1CC1. The summed E-state index contributed by atoms with van der Waals surface area (Å²) in [5.41, 5.74) is 0.796. The van der Waals surface area contributed by atoms with Crippen molar-refractivity contribution in [3.63, 3.8) is 0 Å². The average molecular weight is 288 g/mol. The third-order valence-corrected chi connectivity index (χ3v) is 3.55. The molecule has 1 aliphatic rings. The fraction of sp³-hybridized carbons (Fsp3) is 0.571. The van der Waals surface area contributed by atoms with E-state index in [4.69, 9.17) is 0 Å². The van der Waals surface area contributed by atoms with Gasteiger partial charge in [0.05, 0.1) is 18.1 Å². The van der Waals surface area contributed by atoms with Crippen molar-refractivity contribution in [2.24, 2.45) is 5.92 Å². The zero-order chi connectivity index (χ0) is 14.7. The Morgan fingerprint density at radius 3 is 3.00 bits per heavy atom. The van der Waals surface area contributed by atoms with Gasteiger partial charge in [-0.15, -0.1) is 0 Å².